The Balaban J connectivity index is 2.07. The summed E-state index contributed by atoms with van der Waals surface area (Å²) in [7, 11) is 0. The summed E-state index contributed by atoms with van der Waals surface area (Å²) in [6.45, 7) is 0.726. The normalized spacial score (nSPS) is 15.8. The molecule has 0 unspecified atom stereocenters. The van der Waals surface area contributed by atoms with Crippen molar-refractivity contribution in [1.29, 1.82) is 0 Å². The molecule has 3 heteroatoms. The van der Waals surface area contributed by atoms with E-state index >= 15 is 0 Å². The van der Waals surface area contributed by atoms with Gasteiger partial charge < -0.3 is 4.74 Å². The Labute approximate surface area is 97.8 Å². The van der Waals surface area contributed by atoms with Crippen LogP contribution in [0.15, 0.2) is 22.7 Å². The number of rotatable bonds is 4. The number of ether oxygens (including phenoxy) is 1. The average molecular weight is 269 g/mol. The van der Waals surface area contributed by atoms with Crippen molar-refractivity contribution in [3.63, 3.8) is 0 Å². The maximum atomic E-state index is 10.8. The van der Waals surface area contributed by atoms with Gasteiger partial charge in [0, 0.05) is 0 Å². The molecule has 0 saturated heterocycles. The zero-order valence-corrected chi connectivity index (χ0v) is 10.00. The Morgan fingerprint density at radius 3 is 2.87 bits per heavy atom. The highest BCUT2D eigenvalue weighted by Gasteiger charge is 2.19. The van der Waals surface area contributed by atoms with Gasteiger partial charge in [-0.15, -0.1) is 0 Å². The Hall–Kier alpha value is -0.830. The molecule has 0 amide bonds. The molecule has 0 aliphatic heterocycles. The first kappa shape index (κ1) is 10.7. The van der Waals surface area contributed by atoms with E-state index in [1.54, 1.807) is 6.07 Å². The fraction of sp³-hybridized carbons (Fsp3) is 0.417. The molecule has 1 aromatic rings. The fourth-order valence-electron chi connectivity index (χ4n) is 1.63. The van der Waals surface area contributed by atoms with Gasteiger partial charge in [0.1, 0.15) is 5.75 Å². The van der Waals surface area contributed by atoms with Crippen LogP contribution in [0.25, 0.3) is 0 Å². The lowest BCUT2D eigenvalue weighted by atomic mass is 9.86. The molecule has 0 bridgehead atoms. The molecule has 0 heterocycles. The van der Waals surface area contributed by atoms with Gasteiger partial charge in [-0.2, -0.15) is 0 Å². The van der Waals surface area contributed by atoms with Crippen molar-refractivity contribution in [2.45, 2.75) is 19.3 Å². The predicted molar refractivity (Wildman–Crippen MR) is 62.4 cm³/mol. The van der Waals surface area contributed by atoms with Crippen LogP contribution >= 0.6 is 15.9 Å². The molecule has 0 aromatic heterocycles. The molecule has 15 heavy (non-hydrogen) atoms. The molecule has 0 radical (unpaired) electrons. The standard InChI is InChI=1S/C12H13BrO2/c13-11-6-2-5-10(7-14)12(11)15-8-9-3-1-4-9/h2,5-7,9H,1,3-4,8H2. The van der Waals surface area contributed by atoms with Crippen molar-refractivity contribution in [3.05, 3.63) is 28.2 Å². The average Bonchev–Trinajstić information content (AvgIpc) is 2.17. The summed E-state index contributed by atoms with van der Waals surface area (Å²) in [6.07, 6.45) is 4.65. The van der Waals surface area contributed by atoms with Gasteiger partial charge in [-0.1, -0.05) is 12.5 Å². The molecular formula is C12H13BrO2. The second kappa shape index (κ2) is 4.79. The molecule has 1 fully saturated rings. The van der Waals surface area contributed by atoms with Gasteiger partial charge in [-0.05, 0) is 46.8 Å². The second-order valence-corrected chi connectivity index (χ2v) is 4.74. The van der Waals surface area contributed by atoms with Crippen LogP contribution < -0.4 is 4.74 Å². The summed E-state index contributed by atoms with van der Waals surface area (Å²) in [5.74, 6) is 1.36. The van der Waals surface area contributed by atoms with Gasteiger partial charge >= 0.3 is 0 Å². The highest BCUT2D eigenvalue weighted by molar-refractivity contribution is 9.10. The molecule has 1 aromatic carbocycles. The van der Waals surface area contributed by atoms with Gasteiger partial charge in [0.05, 0.1) is 16.6 Å². The molecule has 2 rings (SSSR count). The van der Waals surface area contributed by atoms with Crippen molar-refractivity contribution in [2.75, 3.05) is 6.61 Å². The molecule has 0 spiro atoms. The summed E-state index contributed by atoms with van der Waals surface area (Å²) in [5.41, 5.74) is 0.615. The Bertz CT molecular complexity index is 359. The molecule has 0 N–H and O–H groups in total. The lowest BCUT2D eigenvalue weighted by molar-refractivity contribution is 0.111. The van der Waals surface area contributed by atoms with E-state index in [2.05, 4.69) is 15.9 Å². The number of benzene rings is 1. The number of halogens is 1. The smallest absolute Gasteiger partial charge is 0.153 e. The van der Waals surface area contributed by atoms with Crippen LogP contribution in [-0.2, 0) is 0 Å². The van der Waals surface area contributed by atoms with Gasteiger partial charge in [0.25, 0.3) is 0 Å². The quantitative estimate of drug-likeness (QED) is 0.782. The first-order chi connectivity index (χ1) is 7.31. The monoisotopic (exact) mass is 268 g/mol. The Kier molecular flexibility index (Phi) is 3.41. The van der Waals surface area contributed by atoms with Crippen LogP contribution in [0.5, 0.6) is 5.75 Å². The first-order valence-corrected chi connectivity index (χ1v) is 5.97. The number of hydrogen-bond donors (Lipinski definition) is 0. The highest BCUT2D eigenvalue weighted by Crippen LogP contribution is 2.31. The number of aldehydes is 1. The maximum Gasteiger partial charge on any atom is 0.153 e. The summed E-state index contributed by atoms with van der Waals surface area (Å²) in [5, 5.41) is 0. The van der Waals surface area contributed by atoms with Crippen LogP contribution in [0, 0.1) is 5.92 Å². The SMILES string of the molecule is O=Cc1cccc(Br)c1OCC1CCC1. The third-order valence-corrected chi connectivity index (χ3v) is 3.44. The van der Waals surface area contributed by atoms with Gasteiger partial charge in [0.2, 0.25) is 0 Å². The molecular weight excluding hydrogens is 256 g/mol. The van der Waals surface area contributed by atoms with Gasteiger partial charge in [-0.3, -0.25) is 4.79 Å². The zero-order valence-electron chi connectivity index (χ0n) is 8.41. The first-order valence-electron chi connectivity index (χ1n) is 5.17. The summed E-state index contributed by atoms with van der Waals surface area (Å²) >= 11 is 3.39. The van der Waals surface area contributed by atoms with Crippen molar-refractivity contribution < 1.29 is 9.53 Å². The number of carbonyl (C=O) groups excluding carboxylic acids is 1. The topological polar surface area (TPSA) is 26.3 Å². The van der Waals surface area contributed by atoms with Crippen molar-refractivity contribution in [1.82, 2.24) is 0 Å². The molecule has 80 valence electrons. The van der Waals surface area contributed by atoms with Crippen molar-refractivity contribution in [2.24, 2.45) is 5.92 Å². The minimum absolute atomic E-state index is 0.615. The van der Waals surface area contributed by atoms with Crippen molar-refractivity contribution >= 4 is 22.2 Å². The molecule has 0 atom stereocenters. The van der Waals surface area contributed by atoms with E-state index in [9.17, 15) is 4.79 Å². The van der Waals surface area contributed by atoms with E-state index in [1.165, 1.54) is 19.3 Å². The third-order valence-electron chi connectivity index (χ3n) is 2.81. The van der Waals surface area contributed by atoms with E-state index in [0.29, 0.717) is 17.2 Å². The van der Waals surface area contributed by atoms with Crippen LogP contribution in [0.4, 0.5) is 0 Å². The van der Waals surface area contributed by atoms with Crippen LogP contribution in [0.2, 0.25) is 0 Å². The summed E-state index contributed by atoms with van der Waals surface area (Å²) in [6, 6.07) is 5.50. The van der Waals surface area contributed by atoms with E-state index in [0.717, 1.165) is 17.4 Å². The van der Waals surface area contributed by atoms with Crippen LogP contribution in [-0.4, -0.2) is 12.9 Å². The third kappa shape index (κ3) is 2.40. The zero-order chi connectivity index (χ0) is 10.7. The van der Waals surface area contributed by atoms with Crippen LogP contribution in [0.1, 0.15) is 29.6 Å². The van der Waals surface area contributed by atoms with Crippen LogP contribution in [0.3, 0.4) is 0 Å². The van der Waals surface area contributed by atoms with Gasteiger partial charge in [-0.25, -0.2) is 0 Å². The molecule has 1 aliphatic rings. The van der Waals surface area contributed by atoms with E-state index < -0.39 is 0 Å². The molecule has 1 aliphatic carbocycles. The minimum atomic E-state index is 0.615. The number of carbonyl (C=O) groups is 1. The predicted octanol–water partition coefficient (Wildman–Crippen LogP) is 3.44. The Morgan fingerprint density at radius 1 is 1.47 bits per heavy atom. The van der Waals surface area contributed by atoms with E-state index in [-0.39, 0.29) is 0 Å². The number of para-hydroxylation sites is 1. The fourth-order valence-corrected chi connectivity index (χ4v) is 2.13. The van der Waals surface area contributed by atoms with E-state index in [1.807, 2.05) is 12.1 Å². The lowest BCUT2D eigenvalue weighted by Crippen LogP contribution is -2.19. The van der Waals surface area contributed by atoms with E-state index in [4.69, 9.17) is 4.74 Å². The lowest BCUT2D eigenvalue weighted by Gasteiger charge is -2.25. The molecule has 1 saturated carbocycles. The second-order valence-electron chi connectivity index (χ2n) is 3.88. The summed E-state index contributed by atoms with van der Waals surface area (Å²) in [4.78, 5) is 10.8. The molecule has 2 nitrogen and oxygen atoms in total. The minimum Gasteiger partial charge on any atom is -0.491 e. The largest absolute Gasteiger partial charge is 0.491 e. The Morgan fingerprint density at radius 2 is 2.27 bits per heavy atom. The summed E-state index contributed by atoms with van der Waals surface area (Å²) < 4.78 is 6.54. The van der Waals surface area contributed by atoms with Crippen molar-refractivity contribution in [3.8, 4) is 5.75 Å². The van der Waals surface area contributed by atoms with Gasteiger partial charge in [0.15, 0.2) is 6.29 Å². The number of hydrogen-bond acceptors (Lipinski definition) is 2. The highest BCUT2D eigenvalue weighted by atomic mass is 79.9. The maximum absolute atomic E-state index is 10.8.